The predicted molar refractivity (Wildman–Crippen MR) is 249 cm³/mol. The molecule has 0 spiro atoms. The molecule has 0 aliphatic heterocycles. The van der Waals surface area contributed by atoms with E-state index in [1.807, 2.05) is 0 Å². The zero-order chi connectivity index (χ0) is 42.5. The van der Waals surface area contributed by atoms with E-state index in [9.17, 15) is 19.4 Å². The zero-order valence-corrected chi connectivity index (χ0v) is 39.7. The molecular weight excluding hydrogens is 744 g/mol. The molecule has 1 unspecified atom stereocenters. The molecule has 0 heterocycles. The minimum Gasteiger partial charge on any atom is -0.391 e. The summed E-state index contributed by atoms with van der Waals surface area (Å²) in [4.78, 5) is 22.8. The van der Waals surface area contributed by atoms with Gasteiger partial charge < -0.3 is 21.1 Å². The van der Waals surface area contributed by atoms with Crippen molar-refractivity contribution < 1.29 is 28.4 Å². The molecule has 0 fully saturated rings. The van der Waals surface area contributed by atoms with Crippen LogP contribution in [0.1, 0.15) is 277 Å². The van der Waals surface area contributed by atoms with Crippen molar-refractivity contribution in [2.24, 2.45) is 5.73 Å². The number of nitrogens with two attached hydrogens (primary N) is 1. The fourth-order valence-corrected chi connectivity index (χ4v) is 8.84. The van der Waals surface area contributed by atoms with Gasteiger partial charge in [0, 0.05) is 13.0 Å². The monoisotopic (exact) mass is 845 g/mol. The van der Waals surface area contributed by atoms with Crippen molar-refractivity contribution in [3.63, 3.8) is 0 Å². The smallest absolute Gasteiger partial charge is 0.391 e. The summed E-state index contributed by atoms with van der Waals surface area (Å²) in [5.41, 5.74) is 5.40. The molecule has 0 aliphatic rings. The van der Waals surface area contributed by atoms with Crippen LogP contribution >= 0.6 is 7.82 Å². The van der Waals surface area contributed by atoms with Gasteiger partial charge in [-0.05, 0) is 12.8 Å². The standard InChI is InChI=1S/C49H101N2O6P/c1-3-5-7-9-11-13-15-17-19-20-21-22-23-24-25-26-27-29-31-33-35-37-39-41-43-49(53)51-47(46-57-58(54,55)56-45-44-50)48(52)42-40-38-36-34-32-30-28-18-16-14-12-10-8-6-4-2/h47-48,52H,3-46,50H2,1-2H3,(H,51,53)(H,54,55)/t47-,48+/m0/s1. The molecule has 1 amide bonds. The first kappa shape index (κ1) is 57.5. The van der Waals surface area contributed by atoms with Gasteiger partial charge in [-0.3, -0.25) is 13.8 Å². The van der Waals surface area contributed by atoms with Gasteiger partial charge in [-0.25, -0.2) is 4.57 Å². The second-order valence-corrected chi connectivity index (χ2v) is 19.2. The van der Waals surface area contributed by atoms with Gasteiger partial charge in [0.15, 0.2) is 0 Å². The maximum absolute atomic E-state index is 12.8. The Labute approximate surface area is 361 Å². The minimum absolute atomic E-state index is 0.0927. The summed E-state index contributed by atoms with van der Waals surface area (Å²) < 4.78 is 22.3. The van der Waals surface area contributed by atoms with E-state index < -0.39 is 20.0 Å². The first-order chi connectivity index (χ1) is 28.4. The number of hydrogen-bond donors (Lipinski definition) is 4. The summed E-state index contributed by atoms with van der Waals surface area (Å²) in [5, 5.41) is 13.9. The fraction of sp³-hybridized carbons (Fsp3) is 0.980. The molecule has 0 aromatic heterocycles. The van der Waals surface area contributed by atoms with Crippen LogP contribution in [-0.4, -0.2) is 47.8 Å². The molecule has 5 N–H and O–H groups in total. The fourth-order valence-electron chi connectivity index (χ4n) is 8.08. The number of carbonyl (C=O) groups excluding carboxylic acids is 1. The number of carbonyl (C=O) groups is 1. The van der Waals surface area contributed by atoms with Crippen molar-refractivity contribution in [1.29, 1.82) is 0 Å². The molecule has 9 heteroatoms. The SMILES string of the molecule is CCCCCCCCCCCCCCCCCCCCCCCCCCC(=O)N[C@@H](COP(=O)(O)OCCN)[C@H](O)CCCCCCCCCCCCCCCCC. The Morgan fingerprint density at radius 2 is 0.793 bits per heavy atom. The Balaban J connectivity index is 3.95. The van der Waals surface area contributed by atoms with Gasteiger partial charge in [-0.15, -0.1) is 0 Å². The van der Waals surface area contributed by atoms with Crippen LogP contribution in [-0.2, 0) is 18.4 Å². The highest BCUT2D eigenvalue weighted by molar-refractivity contribution is 7.47. The van der Waals surface area contributed by atoms with Crippen molar-refractivity contribution in [3.05, 3.63) is 0 Å². The molecule has 0 aromatic carbocycles. The van der Waals surface area contributed by atoms with Crippen LogP contribution in [0.5, 0.6) is 0 Å². The van der Waals surface area contributed by atoms with Crippen molar-refractivity contribution in [2.45, 2.75) is 289 Å². The Kier molecular flexibility index (Phi) is 45.6. The third kappa shape index (κ3) is 43.6. The maximum atomic E-state index is 12.8. The molecule has 0 rings (SSSR count). The minimum atomic E-state index is -4.31. The van der Waals surface area contributed by atoms with Gasteiger partial charge in [0.2, 0.25) is 5.91 Å². The number of hydrogen-bond acceptors (Lipinski definition) is 6. The van der Waals surface area contributed by atoms with Crippen LogP contribution in [0.25, 0.3) is 0 Å². The second-order valence-electron chi connectivity index (χ2n) is 17.7. The number of nitrogens with one attached hydrogen (secondary N) is 1. The first-order valence-electron chi connectivity index (χ1n) is 25.7. The molecule has 3 atom stereocenters. The van der Waals surface area contributed by atoms with Crippen LogP contribution in [0.4, 0.5) is 0 Å². The lowest BCUT2D eigenvalue weighted by molar-refractivity contribution is -0.123. The largest absolute Gasteiger partial charge is 0.472 e. The summed E-state index contributed by atoms with van der Waals surface area (Å²) in [6.45, 7) is 4.26. The van der Waals surface area contributed by atoms with E-state index in [0.29, 0.717) is 12.8 Å². The highest BCUT2D eigenvalue weighted by Gasteiger charge is 2.27. The summed E-state index contributed by atoms with van der Waals surface area (Å²) in [5.74, 6) is -0.154. The lowest BCUT2D eigenvalue weighted by Gasteiger charge is -2.25. The van der Waals surface area contributed by atoms with Crippen molar-refractivity contribution >= 4 is 13.7 Å². The van der Waals surface area contributed by atoms with E-state index in [1.54, 1.807) is 0 Å². The predicted octanol–water partition coefficient (Wildman–Crippen LogP) is 15.0. The molecule has 0 saturated carbocycles. The molecular formula is C49H101N2O6P. The molecule has 58 heavy (non-hydrogen) atoms. The highest BCUT2D eigenvalue weighted by Crippen LogP contribution is 2.43. The van der Waals surface area contributed by atoms with E-state index in [2.05, 4.69) is 19.2 Å². The second kappa shape index (κ2) is 46.0. The maximum Gasteiger partial charge on any atom is 0.472 e. The van der Waals surface area contributed by atoms with Gasteiger partial charge in [-0.1, -0.05) is 258 Å². The van der Waals surface area contributed by atoms with Gasteiger partial charge in [0.05, 0.1) is 25.4 Å². The van der Waals surface area contributed by atoms with Gasteiger partial charge in [-0.2, -0.15) is 0 Å². The molecule has 348 valence electrons. The number of unbranched alkanes of at least 4 members (excludes halogenated alkanes) is 37. The van der Waals surface area contributed by atoms with E-state index in [-0.39, 0.29) is 25.7 Å². The number of phosphoric acid groups is 1. The van der Waals surface area contributed by atoms with Gasteiger partial charge in [0.25, 0.3) is 0 Å². The Hall–Kier alpha value is -0.500. The third-order valence-corrected chi connectivity index (χ3v) is 12.9. The first-order valence-corrected chi connectivity index (χ1v) is 27.1. The quantitative estimate of drug-likeness (QED) is 0.0354. The molecule has 0 radical (unpaired) electrons. The summed E-state index contributed by atoms with van der Waals surface area (Å²) >= 11 is 0. The van der Waals surface area contributed by atoms with Crippen molar-refractivity contribution in [2.75, 3.05) is 19.8 Å². The van der Waals surface area contributed by atoms with Crippen LogP contribution in [0.2, 0.25) is 0 Å². The average molecular weight is 845 g/mol. The lowest BCUT2D eigenvalue weighted by atomic mass is 10.0. The number of aliphatic hydroxyl groups excluding tert-OH is 1. The van der Waals surface area contributed by atoms with Crippen LogP contribution in [0, 0.1) is 0 Å². The Morgan fingerprint density at radius 3 is 1.10 bits per heavy atom. The van der Waals surface area contributed by atoms with Crippen molar-refractivity contribution in [3.8, 4) is 0 Å². The molecule has 0 bridgehead atoms. The molecule has 0 aromatic rings. The topological polar surface area (TPSA) is 131 Å². The highest BCUT2D eigenvalue weighted by atomic mass is 31.2. The molecule has 0 saturated heterocycles. The van der Waals surface area contributed by atoms with Crippen LogP contribution in [0.15, 0.2) is 0 Å². The van der Waals surface area contributed by atoms with E-state index in [4.69, 9.17) is 14.8 Å². The average Bonchev–Trinajstić information content (AvgIpc) is 3.21. The van der Waals surface area contributed by atoms with Gasteiger partial charge in [0.1, 0.15) is 0 Å². The summed E-state index contributed by atoms with van der Waals surface area (Å²) in [6.07, 6.45) is 51.3. The Morgan fingerprint density at radius 1 is 0.500 bits per heavy atom. The molecule has 8 nitrogen and oxygen atoms in total. The third-order valence-electron chi connectivity index (χ3n) is 12.0. The lowest BCUT2D eigenvalue weighted by Crippen LogP contribution is -2.46. The van der Waals surface area contributed by atoms with E-state index >= 15 is 0 Å². The summed E-state index contributed by atoms with van der Waals surface area (Å²) in [6, 6.07) is -0.768. The summed E-state index contributed by atoms with van der Waals surface area (Å²) in [7, 11) is -4.31. The van der Waals surface area contributed by atoms with Crippen molar-refractivity contribution in [1.82, 2.24) is 5.32 Å². The molecule has 0 aliphatic carbocycles. The van der Waals surface area contributed by atoms with E-state index in [1.165, 1.54) is 212 Å². The number of phosphoric ester groups is 1. The normalized spacial score (nSPS) is 13.8. The van der Waals surface area contributed by atoms with Crippen LogP contribution < -0.4 is 11.1 Å². The van der Waals surface area contributed by atoms with E-state index in [0.717, 1.165) is 38.5 Å². The number of amides is 1. The number of rotatable bonds is 49. The number of aliphatic hydroxyl groups is 1. The van der Waals surface area contributed by atoms with Crippen LogP contribution in [0.3, 0.4) is 0 Å². The zero-order valence-electron chi connectivity index (χ0n) is 38.8. The Bertz CT molecular complexity index is 880. The van der Waals surface area contributed by atoms with Gasteiger partial charge >= 0.3 is 7.82 Å².